The van der Waals surface area contributed by atoms with Gasteiger partial charge in [0, 0.05) is 12.8 Å². The number of rotatable bonds is 4. The van der Waals surface area contributed by atoms with Gasteiger partial charge in [0.2, 0.25) is 0 Å². The summed E-state index contributed by atoms with van der Waals surface area (Å²) >= 11 is 0. The molecule has 1 aliphatic carbocycles. The molecular weight excluding hydrogens is 278 g/mol. The second-order valence-electron chi connectivity index (χ2n) is 6.48. The van der Waals surface area contributed by atoms with Crippen LogP contribution in [0.2, 0.25) is 0 Å². The number of carbonyl (C=O) groups is 1. The molecule has 1 saturated carbocycles. The fraction of sp³-hybridized carbons (Fsp3) is 0.611. The molecule has 1 aromatic rings. The molecule has 122 valence electrons. The number of nitrogens with one attached hydrogen (secondary N) is 1. The third-order valence-corrected chi connectivity index (χ3v) is 4.81. The summed E-state index contributed by atoms with van der Waals surface area (Å²) in [6, 6.07) is 3.89. The van der Waals surface area contributed by atoms with Gasteiger partial charge in [-0.1, -0.05) is 6.92 Å². The topological polar surface area (TPSA) is 47.6 Å². The van der Waals surface area contributed by atoms with Gasteiger partial charge in [-0.05, 0) is 68.7 Å². The number of benzene rings is 1. The first kappa shape index (κ1) is 16.8. The highest BCUT2D eigenvalue weighted by atomic mass is 16.5. The fourth-order valence-corrected chi connectivity index (χ4v) is 3.34. The lowest BCUT2D eigenvalue weighted by atomic mass is 9.79. The SMILES string of the molecule is COc1c(C)cc(NC(=O)C2(OC)CCC(C)CC2)cc1C. The average Bonchev–Trinajstić information content (AvgIpc) is 2.48. The van der Waals surface area contributed by atoms with Gasteiger partial charge in [0.25, 0.3) is 5.91 Å². The van der Waals surface area contributed by atoms with Crippen LogP contribution in [0.5, 0.6) is 5.75 Å². The third-order valence-electron chi connectivity index (χ3n) is 4.81. The number of hydrogen-bond donors (Lipinski definition) is 1. The fourth-order valence-electron chi connectivity index (χ4n) is 3.34. The first-order valence-corrected chi connectivity index (χ1v) is 7.93. The molecule has 0 saturated heterocycles. The largest absolute Gasteiger partial charge is 0.496 e. The van der Waals surface area contributed by atoms with Gasteiger partial charge in [-0.25, -0.2) is 0 Å². The molecule has 1 aromatic carbocycles. The van der Waals surface area contributed by atoms with Crippen molar-refractivity contribution in [3.63, 3.8) is 0 Å². The Morgan fingerprint density at radius 1 is 1.18 bits per heavy atom. The highest BCUT2D eigenvalue weighted by Crippen LogP contribution is 2.36. The van der Waals surface area contributed by atoms with Gasteiger partial charge >= 0.3 is 0 Å². The second-order valence-corrected chi connectivity index (χ2v) is 6.48. The van der Waals surface area contributed by atoms with E-state index in [0.29, 0.717) is 5.92 Å². The average molecular weight is 305 g/mol. The van der Waals surface area contributed by atoms with E-state index in [1.807, 2.05) is 26.0 Å². The number of aryl methyl sites for hydroxylation is 2. The van der Waals surface area contributed by atoms with E-state index in [9.17, 15) is 4.79 Å². The smallest absolute Gasteiger partial charge is 0.256 e. The van der Waals surface area contributed by atoms with Gasteiger partial charge < -0.3 is 14.8 Å². The number of hydrogen-bond acceptors (Lipinski definition) is 3. The monoisotopic (exact) mass is 305 g/mol. The van der Waals surface area contributed by atoms with Crippen molar-refractivity contribution >= 4 is 11.6 Å². The van der Waals surface area contributed by atoms with Gasteiger partial charge in [-0.2, -0.15) is 0 Å². The van der Waals surface area contributed by atoms with Crippen molar-refractivity contribution in [1.82, 2.24) is 0 Å². The van der Waals surface area contributed by atoms with Crippen molar-refractivity contribution in [2.24, 2.45) is 5.92 Å². The molecule has 1 amide bonds. The molecule has 0 atom stereocenters. The van der Waals surface area contributed by atoms with Crippen LogP contribution >= 0.6 is 0 Å². The lowest BCUT2D eigenvalue weighted by molar-refractivity contribution is -0.142. The van der Waals surface area contributed by atoms with E-state index in [-0.39, 0.29) is 5.91 Å². The molecule has 0 aliphatic heterocycles. The van der Waals surface area contributed by atoms with Crippen LogP contribution in [-0.4, -0.2) is 25.7 Å². The minimum Gasteiger partial charge on any atom is -0.496 e. The second kappa shape index (κ2) is 6.69. The normalized spacial score (nSPS) is 24.9. The molecule has 1 fully saturated rings. The molecule has 0 heterocycles. The van der Waals surface area contributed by atoms with Crippen LogP contribution in [0, 0.1) is 19.8 Å². The molecule has 1 N–H and O–H groups in total. The van der Waals surface area contributed by atoms with E-state index in [1.54, 1.807) is 14.2 Å². The predicted octanol–water partition coefficient (Wildman–Crippen LogP) is 3.85. The first-order valence-electron chi connectivity index (χ1n) is 7.93. The molecule has 4 heteroatoms. The van der Waals surface area contributed by atoms with Crippen LogP contribution in [0.15, 0.2) is 12.1 Å². The summed E-state index contributed by atoms with van der Waals surface area (Å²) in [5.74, 6) is 1.50. The van der Waals surface area contributed by atoms with E-state index in [2.05, 4.69) is 12.2 Å². The Hall–Kier alpha value is -1.55. The number of anilines is 1. The minimum atomic E-state index is -0.686. The molecule has 0 aromatic heterocycles. The van der Waals surface area contributed by atoms with Gasteiger partial charge in [-0.3, -0.25) is 4.79 Å². The Balaban J connectivity index is 2.17. The quantitative estimate of drug-likeness (QED) is 0.919. The Morgan fingerprint density at radius 3 is 2.18 bits per heavy atom. The maximum Gasteiger partial charge on any atom is 0.256 e. The minimum absolute atomic E-state index is 0.0362. The summed E-state index contributed by atoms with van der Waals surface area (Å²) in [4.78, 5) is 12.7. The van der Waals surface area contributed by atoms with Crippen molar-refractivity contribution in [3.8, 4) is 5.75 Å². The summed E-state index contributed by atoms with van der Waals surface area (Å²) in [6.07, 6.45) is 3.62. The zero-order valence-corrected chi connectivity index (χ0v) is 14.3. The Kier molecular flexibility index (Phi) is 5.12. The van der Waals surface area contributed by atoms with Crippen LogP contribution in [0.25, 0.3) is 0 Å². The van der Waals surface area contributed by atoms with Crippen LogP contribution in [0.1, 0.15) is 43.7 Å². The van der Waals surface area contributed by atoms with Gasteiger partial charge in [0.15, 0.2) is 0 Å². The first-order chi connectivity index (χ1) is 10.4. The molecule has 0 unspecified atom stereocenters. The molecule has 22 heavy (non-hydrogen) atoms. The lowest BCUT2D eigenvalue weighted by Gasteiger charge is -2.36. The van der Waals surface area contributed by atoms with Gasteiger partial charge in [0.05, 0.1) is 7.11 Å². The number of amides is 1. The van der Waals surface area contributed by atoms with Gasteiger partial charge in [0.1, 0.15) is 11.4 Å². The molecule has 2 rings (SSSR count). The summed E-state index contributed by atoms with van der Waals surface area (Å²) in [5.41, 5.74) is 2.15. The predicted molar refractivity (Wildman–Crippen MR) is 88.5 cm³/mol. The van der Waals surface area contributed by atoms with E-state index >= 15 is 0 Å². The van der Waals surface area contributed by atoms with Crippen molar-refractivity contribution in [2.45, 2.75) is 52.1 Å². The van der Waals surface area contributed by atoms with Crippen LogP contribution < -0.4 is 10.1 Å². The van der Waals surface area contributed by atoms with E-state index in [0.717, 1.165) is 48.2 Å². The van der Waals surface area contributed by atoms with Crippen molar-refractivity contribution in [2.75, 3.05) is 19.5 Å². The van der Waals surface area contributed by atoms with E-state index < -0.39 is 5.60 Å². The highest BCUT2D eigenvalue weighted by Gasteiger charge is 2.41. The molecular formula is C18H27NO3. The summed E-state index contributed by atoms with van der Waals surface area (Å²) in [6.45, 7) is 6.19. The molecule has 0 spiro atoms. The lowest BCUT2D eigenvalue weighted by Crippen LogP contribution is -2.47. The van der Waals surface area contributed by atoms with Gasteiger partial charge in [-0.15, -0.1) is 0 Å². The zero-order chi connectivity index (χ0) is 16.3. The summed E-state index contributed by atoms with van der Waals surface area (Å²) in [7, 11) is 3.30. The van der Waals surface area contributed by atoms with Crippen LogP contribution in [-0.2, 0) is 9.53 Å². The van der Waals surface area contributed by atoms with Crippen LogP contribution in [0.3, 0.4) is 0 Å². The molecule has 1 aliphatic rings. The number of carbonyl (C=O) groups excluding carboxylic acids is 1. The summed E-state index contributed by atoms with van der Waals surface area (Å²) in [5, 5.41) is 3.03. The maximum absolute atomic E-state index is 12.7. The number of ether oxygens (including phenoxy) is 2. The zero-order valence-electron chi connectivity index (χ0n) is 14.3. The molecule has 0 bridgehead atoms. The highest BCUT2D eigenvalue weighted by molar-refractivity contribution is 5.97. The standard InChI is InChI=1S/C18H27NO3/c1-12-6-8-18(22-5,9-7-12)17(20)19-15-10-13(2)16(21-4)14(3)11-15/h10-12H,6-9H2,1-5H3,(H,19,20). The van der Waals surface area contributed by atoms with Crippen molar-refractivity contribution in [3.05, 3.63) is 23.3 Å². The Labute approximate surface area is 133 Å². The summed E-state index contributed by atoms with van der Waals surface area (Å²) < 4.78 is 11.0. The third kappa shape index (κ3) is 3.27. The van der Waals surface area contributed by atoms with E-state index in [4.69, 9.17) is 9.47 Å². The maximum atomic E-state index is 12.7. The Morgan fingerprint density at radius 2 is 1.73 bits per heavy atom. The molecule has 4 nitrogen and oxygen atoms in total. The Bertz CT molecular complexity index is 522. The van der Waals surface area contributed by atoms with Crippen LogP contribution in [0.4, 0.5) is 5.69 Å². The van der Waals surface area contributed by atoms with Crippen molar-refractivity contribution in [1.29, 1.82) is 0 Å². The van der Waals surface area contributed by atoms with E-state index in [1.165, 1.54) is 0 Å². The number of methoxy groups -OCH3 is 2. The van der Waals surface area contributed by atoms with Crippen molar-refractivity contribution < 1.29 is 14.3 Å². The molecule has 0 radical (unpaired) electrons.